The first-order valence-electron chi connectivity index (χ1n) is 15.0. The van der Waals surface area contributed by atoms with Crippen LogP contribution in [0.1, 0.15) is 119 Å². The van der Waals surface area contributed by atoms with Crippen LogP contribution in [0.2, 0.25) is 0 Å². The lowest BCUT2D eigenvalue weighted by atomic mass is 10.1. The molecule has 2 rings (SSSR count). The predicted molar refractivity (Wildman–Crippen MR) is 157 cm³/mol. The SMILES string of the molecule is CC(C)(C)OC(=O)[C@H](CCC(=O)ON1C(=O)CCC1=O)NC(=O)CCCCCCCCCOc1cc(C(=O)O)cc(C(=O)O)c1. The zero-order valence-electron chi connectivity index (χ0n) is 25.9. The Morgan fingerprint density at radius 1 is 0.822 bits per heavy atom. The molecule has 0 bridgehead atoms. The van der Waals surface area contributed by atoms with Gasteiger partial charge in [-0.1, -0.05) is 32.1 Å². The van der Waals surface area contributed by atoms with Gasteiger partial charge in [0.15, 0.2) is 0 Å². The highest BCUT2D eigenvalue weighted by Crippen LogP contribution is 2.19. The summed E-state index contributed by atoms with van der Waals surface area (Å²) in [5, 5.41) is 21.3. The second-order valence-corrected chi connectivity index (χ2v) is 11.7. The number of unbranched alkanes of at least 4 members (excludes halogenated alkanes) is 6. The molecule has 1 fully saturated rings. The normalized spacial score (nSPS) is 13.7. The lowest BCUT2D eigenvalue weighted by molar-refractivity contribution is -0.197. The van der Waals surface area contributed by atoms with E-state index in [4.69, 9.17) is 24.5 Å². The number of benzene rings is 1. The van der Waals surface area contributed by atoms with Gasteiger partial charge in [0.2, 0.25) is 5.91 Å². The zero-order chi connectivity index (χ0) is 33.6. The molecule has 0 saturated carbocycles. The number of hydrogen-bond acceptors (Lipinski definition) is 10. The summed E-state index contributed by atoms with van der Waals surface area (Å²) in [7, 11) is 0. The van der Waals surface area contributed by atoms with Gasteiger partial charge in [0.25, 0.3) is 11.8 Å². The molecular formula is C31H42N2O12. The van der Waals surface area contributed by atoms with Crippen molar-refractivity contribution >= 4 is 41.6 Å². The number of nitrogens with one attached hydrogen (secondary N) is 1. The number of ether oxygens (including phenoxy) is 2. The molecule has 1 aliphatic heterocycles. The molecule has 3 amide bonds. The second-order valence-electron chi connectivity index (χ2n) is 11.7. The van der Waals surface area contributed by atoms with Crippen LogP contribution < -0.4 is 10.1 Å². The molecule has 1 saturated heterocycles. The molecule has 248 valence electrons. The third-order valence-corrected chi connectivity index (χ3v) is 6.58. The van der Waals surface area contributed by atoms with E-state index in [1.165, 1.54) is 12.1 Å². The van der Waals surface area contributed by atoms with E-state index in [9.17, 15) is 33.6 Å². The first kappa shape index (κ1) is 36.7. The average Bonchev–Trinajstić information content (AvgIpc) is 3.27. The number of carboxylic acid groups (broad SMARTS) is 2. The maximum atomic E-state index is 12.7. The van der Waals surface area contributed by atoms with Crippen LogP contribution in [0.15, 0.2) is 18.2 Å². The molecule has 3 N–H and O–H groups in total. The Kier molecular flexibility index (Phi) is 14.4. The lowest BCUT2D eigenvalue weighted by Gasteiger charge is -2.24. The van der Waals surface area contributed by atoms with E-state index in [-0.39, 0.29) is 54.9 Å². The van der Waals surface area contributed by atoms with E-state index in [0.29, 0.717) is 24.5 Å². The van der Waals surface area contributed by atoms with Gasteiger partial charge in [-0.25, -0.2) is 19.2 Å². The fourth-order valence-corrected chi connectivity index (χ4v) is 4.35. The molecule has 1 aromatic rings. The maximum absolute atomic E-state index is 12.7. The highest BCUT2D eigenvalue weighted by Gasteiger charge is 2.33. The number of rotatable bonds is 19. The lowest BCUT2D eigenvalue weighted by Crippen LogP contribution is -2.44. The van der Waals surface area contributed by atoms with Crippen molar-refractivity contribution in [2.45, 2.75) is 109 Å². The molecule has 1 atom stereocenters. The van der Waals surface area contributed by atoms with E-state index in [0.717, 1.165) is 38.2 Å². The monoisotopic (exact) mass is 634 g/mol. The first-order valence-corrected chi connectivity index (χ1v) is 15.0. The molecular weight excluding hydrogens is 592 g/mol. The molecule has 0 aromatic heterocycles. The van der Waals surface area contributed by atoms with Crippen molar-refractivity contribution < 1.29 is 58.1 Å². The van der Waals surface area contributed by atoms with Gasteiger partial charge in [-0.2, -0.15) is 0 Å². The van der Waals surface area contributed by atoms with Crippen molar-refractivity contribution in [1.29, 1.82) is 0 Å². The van der Waals surface area contributed by atoms with E-state index < -0.39 is 47.3 Å². The summed E-state index contributed by atoms with van der Waals surface area (Å²) in [6.07, 6.45) is 5.27. The first-order chi connectivity index (χ1) is 21.2. The van der Waals surface area contributed by atoms with Crippen molar-refractivity contribution in [3.8, 4) is 5.75 Å². The summed E-state index contributed by atoms with van der Waals surface area (Å²) in [6.45, 7) is 5.33. The number of carboxylic acids is 2. The van der Waals surface area contributed by atoms with Gasteiger partial charge in [0.05, 0.1) is 24.2 Å². The Hall–Kier alpha value is -4.49. The van der Waals surface area contributed by atoms with Gasteiger partial charge in [-0.05, 0) is 58.2 Å². The minimum atomic E-state index is -1.24. The minimum absolute atomic E-state index is 0.0388. The van der Waals surface area contributed by atoms with Gasteiger partial charge >= 0.3 is 23.9 Å². The van der Waals surface area contributed by atoms with Gasteiger partial charge in [-0.3, -0.25) is 14.4 Å². The number of esters is 1. The van der Waals surface area contributed by atoms with E-state index >= 15 is 0 Å². The zero-order valence-corrected chi connectivity index (χ0v) is 25.9. The highest BCUT2D eigenvalue weighted by atomic mass is 16.7. The second kappa shape index (κ2) is 17.7. The molecule has 0 radical (unpaired) electrons. The van der Waals surface area contributed by atoms with Crippen molar-refractivity contribution in [2.75, 3.05) is 6.61 Å². The third kappa shape index (κ3) is 13.8. The number of amides is 3. The van der Waals surface area contributed by atoms with E-state index in [1.54, 1.807) is 20.8 Å². The van der Waals surface area contributed by atoms with Gasteiger partial charge in [0.1, 0.15) is 17.4 Å². The van der Waals surface area contributed by atoms with Crippen molar-refractivity contribution in [1.82, 2.24) is 10.4 Å². The molecule has 14 nitrogen and oxygen atoms in total. The number of carbonyl (C=O) groups excluding carboxylic acids is 5. The topological polar surface area (TPSA) is 203 Å². The van der Waals surface area contributed by atoms with Crippen LogP contribution in [0.5, 0.6) is 5.75 Å². The van der Waals surface area contributed by atoms with Crippen molar-refractivity contribution in [3.05, 3.63) is 29.3 Å². The maximum Gasteiger partial charge on any atom is 0.335 e. The molecule has 0 spiro atoms. The fraction of sp³-hybridized carbons (Fsp3) is 0.581. The highest BCUT2D eigenvalue weighted by molar-refractivity contribution is 6.01. The van der Waals surface area contributed by atoms with Crippen molar-refractivity contribution in [2.24, 2.45) is 0 Å². The Labute approximate surface area is 261 Å². The Morgan fingerprint density at radius 3 is 1.89 bits per heavy atom. The summed E-state index contributed by atoms with van der Waals surface area (Å²) < 4.78 is 10.9. The molecule has 14 heteroatoms. The Balaban J connectivity index is 1.67. The smallest absolute Gasteiger partial charge is 0.335 e. The van der Waals surface area contributed by atoms with E-state index in [1.807, 2.05) is 0 Å². The van der Waals surface area contributed by atoms with Gasteiger partial charge < -0.3 is 29.8 Å². The van der Waals surface area contributed by atoms with Crippen LogP contribution in [0.3, 0.4) is 0 Å². The summed E-state index contributed by atoms with van der Waals surface area (Å²) in [5.41, 5.74) is -1.14. The fourth-order valence-electron chi connectivity index (χ4n) is 4.35. The number of hydrogen-bond donors (Lipinski definition) is 3. The summed E-state index contributed by atoms with van der Waals surface area (Å²) in [6, 6.07) is 2.54. The summed E-state index contributed by atoms with van der Waals surface area (Å²) in [4.78, 5) is 88.0. The Bertz CT molecular complexity index is 1210. The van der Waals surface area contributed by atoms with Crippen LogP contribution in [0.25, 0.3) is 0 Å². The number of aromatic carboxylic acids is 2. The molecule has 1 heterocycles. The van der Waals surface area contributed by atoms with Crippen molar-refractivity contribution in [3.63, 3.8) is 0 Å². The quantitative estimate of drug-likeness (QED) is 0.113. The molecule has 0 aliphatic carbocycles. The van der Waals surface area contributed by atoms with Gasteiger partial charge in [0, 0.05) is 19.3 Å². The van der Waals surface area contributed by atoms with Gasteiger partial charge in [-0.15, -0.1) is 5.06 Å². The summed E-state index contributed by atoms with van der Waals surface area (Å²) in [5.74, 6) is -5.48. The standard InChI is InChI=1S/C31H42N2O12/c1-31(2,3)44-30(42)23(12-15-27(37)45-33-25(35)13-14-26(33)36)32-24(34)11-9-7-5-4-6-8-10-16-43-22-18-20(28(38)39)17-21(19-22)29(40)41/h17-19,23H,4-16H2,1-3H3,(H,32,34)(H,38,39)(H,40,41)/t23-/m0/s1. The van der Waals surface area contributed by atoms with Crippen LogP contribution >= 0.6 is 0 Å². The predicted octanol–water partition coefficient (Wildman–Crippen LogP) is 3.80. The number of imide groups is 1. The number of carbonyl (C=O) groups is 7. The average molecular weight is 635 g/mol. The summed E-state index contributed by atoms with van der Waals surface area (Å²) >= 11 is 0. The molecule has 45 heavy (non-hydrogen) atoms. The number of nitrogens with zero attached hydrogens (tertiary/aromatic N) is 1. The molecule has 1 aromatic carbocycles. The minimum Gasteiger partial charge on any atom is -0.494 e. The van der Waals surface area contributed by atoms with Crippen LogP contribution in [0, 0.1) is 0 Å². The molecule has 1 aliphatic rings. The van der Waals surface area contributed by atoms with E-state index in [2.05, 4.69) is 5.32 Å². The third-order valence-electron chi connectivity index (χ3n) is 6.58. The van der Waals surface area contributed by atoms with Crippen LogP contribution in [-0.2, 0) is 33.5 Å². The Morgan fingerprint density at radius 2 is 1.36 bits per heavy atom. The largest absolute Gasteiger partial charge is 0.494 e. The molecule has 0 unspecified atom stereocenters. The van der Waals surface area contributed by atoms with Crippen LogP contribution in [-0.4, -0.2) is 75.1 Å². The number of hydroxylamine groups is 2. The van der Waals surface area contributed by atoms with Crippen LogP contribution in [0.4, 0.5) is 0 Å².